The quantitative estimate of drug-likeness (QED) is 0.597. The van der Waals surface area contributed by atoms with E-state index >= 15 is 0 Å². The molecule has 7 nitrogen and oxygen atoms in total. The monoisotopic (exact) mass is 475 g/mol. The zero-order valence-electron chi connectivity index (χ0n) is 19.5. The molecule has 3 aliphatic heterocycles. The first-order valence-electron chi connectivity index (χ1n) is 12.1. The zero-order chi connectivity index (χ0) is 24.0. The highest BCUT2D eigenvalue weighted by molar-refractivity contribution is 5.95. The van der Waals surface area contributed by atoms with Gasteiger partial charge in [-0.1, -0.05) is 24.3 Å². The minimum atomic E-state index is -0.176. The number of halogens is 1. The summed E-state index contributed by atoms with van der Waals surface area (Å²) in [5.41, 5.74) is 10.9. The molecule has 2 atom stereocenters. The third-order valence-corrected chi connectivity index (χ3v) is 6.57. The second kappa shape index (κ2) is 10.9. The van der Waals surface area contributed by atoms with Crippen LogP contribution in [0.25, 0.3) is 0 Å². The van der Waals surface area contributed by atoms with Gasteiger partial charge in [-0.3, -0.25) is 14.7 Å². The van der Waals surface area contributed by atoms with Gasteiger partial charge < -0.3 is 15.5 Å². The Kier molecular flexibility index (Phi) is 7.32. The predicted octanol–water partition coefficient (Wildman–Crippen LogP) is 3.38. The highest BCUT2D eigenvalue weighted by Gasteiger charge is 2.26. The van der Waals surface area contributed by atoms with Gasteiger partial charge in [-0.15, -0.1) is 0 Å². The largest absolute Gasteiger partial charge is 0.378 e. The molecule has 8 heteroatoms. The number of amides is 1. The molecule has 3 N–H and O–H groups in total. The van der Waals surface area contributed by atoms with E-state index < -0.39 is 0 Å². The lowest BCUT2D eigenvalue weighted by molar-refractivity contribution is 0.0883. The van der Waals surface area contributed by atoms with E-state index in [1.807, 2.05) is 42.6 Å². The smallest absolute Gasteiger partial charge is 0.251 e. The number of anilines is 1. The van der Waals surface area contributed by atoms with Crippen LogP contribution in [0.3, 0.4) is 0 Å². The molecule has 0 saturated carbocycles. The Morgan fingerprint density at radius 3 is 3.09 bits per heavy atom. The fourth-order valence-electron chi connectivity index (χ4n) is 4.68. The number of nitrogens with one attached hydrogen (secondary N) is 3. The maximum Gasteiger partial charge on any atom is 0.251 e. The van der Waals surface area contributed by atoms with Crippen LogP contribution in [-0.2, 0) is 11.2 Å². The molecule has 3 aliphatic rings. The molecule has 0 aromatic heterocycles. The van der Waals surface area contributed by atoms with Crippen LogP contribution in [0.4, 0.5) is 10.1 Å². The fraction of sp³-hybridized carbons (Fsp3) is 0.333. The summed E-state index contributed by atoms with van der Waals surface area (Å²) < 4.78 is 19.8. The van der Waals surface area contributed by atoms with Crippen molar-refractivity contribution in [1.29, 1.82) is 0 Å². The van der Waals surface area contributed by atoms with Gasteiger partial charge in [0.05, 0.1) is 31.0 Å². The number of carbonyl (C=O) groups excluding carboxylic acids is 1. The van der Waals surface area contributed by atoms with Crippen molar-refractivity contribution in [2.24, 2.45) is 4.99 Å². The first-order chi connectivity index (χ1) is 17.2. The number of hydrogen-bond donors (Lipinski definition) is 3. The van der Waals surface area contributed by atoms with Crippen molar-refractivity contribution in [1.82, 2.24) is 15.6 Å². The van der Waals surface area contributed by atoms with E-state index in [0.29, 0.717) is 43.9 Å². The van der Waals surface area contributed by atoms with Gasteiger partial charge in [0, 0.05) is 49.6 Å². The van der Waals surface area contributed by atoms with Gasteiger partial charge in [0.1, 0.15) is 5.82 Å². The molecule has 0 aliphatic carbocycles. The van der Waals surface area contributed by atoms with Crippen LogP contribution in [0, 0.1) is 5.82 Å². The van der Waals surface area contributed by atoms with Crippen LogP contribution in [-0.4, -0.2) is 55.9 Å². The Balaban J connectivity index is 1.23. The van der Waals surface area contributed by atoms with E-state index in [9.17, 15) is 9.18 Å². The number of rotatable bonds is 6. The molecule has 0 bridgehead atoms. The van der Waals surface area contributed by atoms with Crippen molar-refractivity contribution < 1.29 is 13.9 Å². The van der Waals surface area contributed by atoms with Crippen LogP contribution in [0.1, 0.15) is 33.9 Å². The lowest BCUT2D eigenvalue weighted by atomic mass is 9.96. The molecule has 3 heterocycles. The molecule has 1 saturated heterocycles. The van der Waals surface area contributed by atoms with Crippen molar-refractivity contribution in [3.63, 3.8) is 0 Å². The summed E-state index contributed by atoms with van der Waals surface area (Å²) in [6.45, 7) is 3.17. The minimum Gasteiger partial charge on any atom is -0.378 e. The molecule has 1 amide bonds. The number of hydrazine groups is 1. The van der Waals surface area contributed by atoms with Gasteiger partial charge in [-0.2, -0.15) is 0 Å². The van der Waals surface area contributed by atoms with E-state index in [0.717, 1.165) is 29.8 Å². The van der Waals surface area contributed by atoms with Crippen LogP contribution < -0.4 is 16.2 Å². The first kappa shape index (κ1) is 23.4. The highest BCUT2D eigenvalue weighted by Crippen LogP contribution is 2.34. The summed E-state index contributed by atoms with van der Waals surface area (Å²) in [6, 6.07) is 12.4. The summed E-state index contributed by atoms with van der Waals surface area (Å²) in [5, 5.41) is 3.14. The Morgan fingerprint density at radius 2 is 2.17 bits per heavy atom. The molecule has 182 valence electrons. The van der Waals surface area contributed by atoms with E-state index in [2.05, 4.69) is 32.1 Å². The second-order valence-electron chi connectivity index (χ2n) is 8.98. The van der Waals surface area contributed by atoms with Crippen LogP contribution in [0.5, 0.6) is 0 Å². The standard InChI is InChI=1S/C27H30FN5O2/c28-24-6-2-1-4-19(24)10-13-33-14-15-35-18-22(17-33)30-27(34)21-7-8-25-23(16-21)26(32-31-25)20-5-3-11-29-12-9-20/h1-2,4-9,11-12,16,22,26,31-32H,3,10,13-15,17-18H2,(H,30,34). The van der Waals surface area contributed by atoms with Gasteiger partial charge in [0.2, 0.25) is 0 Å². The number of hydrogen-bond acceptors (Lipinski definition) is 6. The first-order valence-corrected chi connectivity index (χ1v) is 12.1. The fourth-order valence-corrected chi connectivity index (χ4v) is 4.68. The maximum atomic E-state index is 14.0. The Bertz CT molecular complexity index is 1160. The van der Waals surface area contributed by atoms with Crippen molar-refractivity contribution in [3.05, 3.63) is 88.9 Å². The van der Waals surface area contributed by atoms with Crippen molar-refractivity contribution in [2.75, 3.05) is 38.3 Å². The van der Waals surface area contributed by atoms with Crippen LogP contribution >= 0.6 is 0 Å². The molecular weight excluding hydrogens is 445 g/mol. The molecule has 0 radical (unpaired) electrons. The summed E-state index contributed by atoms with van der Waals surface area (Å²) in [4.78, 5) is 19.6. The van der Waals surface area contributed by atoms with Gasteiger partial charge in [-0.25, -0.2) is 9.82 Å². The lowest BCUT2D eigenvalue weighted by Gasteiger charge is -2.24. The van der Waals surface area contributed by atoms with Gasteiger partial charge in [-0.05, 0) is 47.9 Å². The van der Waals surface area contributed by atoms with E-state index in [1.165, 1.54) is 6.07 Å². The Labute approximate surface area is 204 Å². The number of ether oxygens (including phenoxy) is 1. The number of nitrogens with zero attached hydrogens (tertiary/aromatic N) is 2. The molecule has 2 aromatic carbocycles. The number of benzene rings is 2. The number of aliphatic imine (C=N–C) groups is 1. The van der Waals surface area contributed by atoms with E-state index in [-0.39, 0.29) is 23.8 Å². The van der Waals surface area contributed by atoms with Crippen molar-refractivity contribution >= 4 is 17.8 Å². The minimum absolute atomic E-state index is 0.0502. The predicted molar refractivity (Wildman–Crippen MR) is 135 cm³/mol. The molecule has 2 aromatic rings. The van der Waals surface area contributed by atoms with E-state index in [1.54, 1.807) is 12.3 Å². The van der Waals surface area contributed by atoms with Crippen LogP contribution in [0.15, 0.2) is 71.4 Å². The maximum absolute atomic E-state index is 14.0. The number of fused-ring (bicyclic) bond motifs is 1. The average Bonchev–Trinajstić information content (AvgIpc) is 3.02. The second-order valence-corrected chi connectivity index (χ2v) is 8.98. The summed E-state index contributed by atoms with van der Waals surface area (Å²) in [5.74, 6) is -0.304. The highest BCUT2D eigenvalue weighted by atomic mass is 19.1. The molecule has 2 unspecified atom stereocenters. The Hall–Kier alpha value is -3.33. The number of allylic oxidation sites excluding steroid dienone is 1. The van der Waals surface area contributed by atoms with E-state index in [4.69, 9.17) is 4.74 Å². The molecule has 35 heavy (non-hydrogen) atoms. The number of carbonyl (C=O) groups is 1. The normalized spacial score (nSPS) is 22.0. The van der Waals surface area contributed by atoms with Crippen molar-refractivity contribution in [2.45, 2.75) is 24.9 Å². The Morgan fingerprint density at radius 1 is 1.26 bits per heavy atom. The molecule has 5 rings (SSSR count). The van der Waals surface area contributed by atoms with Crippen LogP contribution in [0.2, 0.25) is 0 Å². The average molecular weight is 476 g/mol. The summed E-state index contributed by atoms with van der Waals surface area (Å²) in [7, 11) is 0. The molecule has 0 spiro atoms. The molecular formula is C27H30FN5O2. The lowest BCUT2D eigenvalue weighted by Crippen LogP contribution is -2.45. The van der Waals surface area contributed by atoms with Gasteiger partial charge in [0.15, 0.2) is 0 Å². The molecule has 1 fully saturated rings. The summed E-state index contributed by atoms with van der Waals surface area (Å²) >= 11 is 0. The van der Waals surface area contributed by atoms with Gasteiger partial charge >= 0.3 is 0 Å². The third kappa shape index (κ3) is 5.67. The zero-order valence-corrected chi connectivity index (χ0v) is 19.5. The van der Waals surface area contributed by atoms with Gasteiger partial charge in [0.25, 0.3) is 5.91 Å². The summed E-state index contributed by atoms with van der Waals surface area (Å²) in [6.07, 6.45) is 9.17. The third-order valence-electron chi connectivity index (χ3n) is 6.57. The topological polar surface area (TPSA) is 78.0 Å². The van der Waals surface area contributed by atoms with Crippen molar-refractivity contribution in [3.8, 4) is 0 Å². The SMILES string of the molecule is O=C(NC1COCCN(CCc2ccccc2F)C1)c1ccc2c(c1)C(C1=CCC=NC=C1)NN2.